The zero-order chi connectivity index (χ0) is 15.6. The minimum atomic E-state index is -1.01. The summed E-state index contributed by atoms with van der Waals surface area (Å²) in [5.74, 6) is -1.01. The van der Waals surface area contributed by atoms with Crippen molar-refractivity contribution in [2.24, 2.45) is 0 Å². The van der Waals surface area contributed by atoms with Crippen molar-refractivity contribution in [2.45, 2.75) is 24.9 Å². The molecule has 2 aromatic rings. The monoisotopic (exact) mass is 342 g/mol. The molecule has 1 aromatic heterocycles. The summed E-state index contributed by atoms with van der Waals surface area (Å²) in [6.07, 6.45) is 5.55. The first-order valence-electron chi connectivity index (χ1n) is 6.97. The van der Waals surface area contributed by atoms with Gasteiger partial charge in [-0.3, -0.25) is 0 Å². The second-order valence-corrected chi connectivity index (χ2v) is 6.02. The third-order valence-electron chi connectivity index (χ3n) is 3.60. The van der Waals surface area contributed by atoms with Crippen LogP contribution in [-0.4, -0.2) is 34.0 Å². The smallest absolute Gasteiger partial charge is 0.215 e. The molecule has 0 saturated carbocycles. The van der Waals surface area contributed by atoms with E-state index in [1.54, 1.807) is 24.7 Å². The van der Waals surface area contributed by atoms with Gasteiger partial charge in [0.1, 0.15) is 0 Å². The quantitative estimate of drug-likeness (QED) is 0.907. The molecule has 1 N–H and O–H groups in total. The lowest BCUT2D eigenvalue weighted by molar-refractivity contribution is -0.188. The number of imidazole rings is 1. The molecule has 5 nitrogen and oxygen atoms in total. The van der Waals surface area contributed by atoms with Gasteiger partial charge < -0.3 is 19.1 Å². The Balaban J connectivity index is 1.96. The van der Waals surface area contributed by atoms with E-state index in [4.69, 9.17) is 37.8 Å². The van der Waals surface area contributed by atoms with E-state index in [2.05, 4.69) is 4.98 Å². The van der Waals surface area contributed by atoms with Crippen LogP contribution in [0.1, 0.15) is 12.0 Å². The van der Waals surface area contributed by atoms with Crippen molar-refractivity contribution in [2.75, 3.05) is 13.2 Å². The number of rotatable bonds is 5. The second kappa shape index (κ2) is 6.56. The van der Waals surface area contributed by atoms with Crippen molar-refractivity contribution < 1.29 is 14.6 Å². The molecule has 118 valence electrons. The number of halogens is 2. The summed E-state index contributed by atoms with van der Waals surface area (Å²) < 4.78 is 14.0. The van der Waals surface area contributed by atoms with Crippen LogP contribution in [0.25, 0.3) is 0 Å². The van der Waals surface area contributed by atoms with Gasteiger partial charge in [0.25, 0.3) is 0 Å². The van der Waals surface area contributed by atoms with Crippen molar-refractivity contribution in [3.63, 3.8) is 0 Å². The highest BCUT2D eigenvalue weighted by molar-refractivity contribution is 6.35. The minimum Gasteiger partial charge on any atom is -0.396 e. The number of nitrogens with zero attached hydrogens (tertiary/aromatic N) is 2. The average Bonchev–Trinajstić information content (AvgIpc) is 3.10. The zero-order valence-corrected chi connectivity index (χ0v) is 13.3. The van der Waals surface area contributed by atoms with Gasteiger partial charge in [-0.15, -0.1) is 0 Å². The van der Waals surface area contributed by atoms with E-state index < -0.39 is 5.79 Å². The summed E-state index contributed by atoms with van der Waals surface area (Å²) >= 11 is 12.3. The van der Waals surface area contributed by atoms with Crippen LogP contribution in [0.3, 0.4) is 0 Å². The number of aliphatic hydroxyl groups excluding tert-OH is 1. The first kappa shape index (κ1) is 15.8. The maximum absolute atomic E-state index is 9.12. The van der Waals surface area contributed by atoms with Gasteiger partial charge in [0.15, 0.2) is 0 Å². The number of aliphatic hydroxyl groups is 1. The molecule has 1 aliphatic rings. The van der Waals surface area contributed by atoms with Gasteiger partial charge in [-0.05, 0) is 18.6 Å². The lowest BCUT2D eigenvalue weighted by Crippen LogP contribution is -2.33. The first-order valence-corrected chi connectivity index (χ1v) is 7.72. The van der Waals surface area contributed by atoms with Crippen molar-refractivity contribution in [1.82, 2.24) is 9.55 Å². The second-order valence-electron chi connectivity index (χ2n) is 5.18. The average molecular weight is 343 g/mol. The third-order valence-corrected chi connectivity index (χ3v) is 4.15. The van der Waals surface area contributed by atoms with E-state index in [1.807, 2.05) is 16.8 Å². The van der Waals surface area contributed by atoms with E-state index in [0.717, 1.165) is 0 Å². The summed E-state index contributed by atoms with van der Waals surface area (Å²) in [5, 5.41) is 10.2. The molecule has 3 rings (SSSR count). The van der Waals surface area contributed by atoms with Crippen LogP contribution in [0.15, 0.2) is 36.9 Å². The molecular weight excluding hydrogens is 327 g/mol. The predicted molar refractivity (Wildman–Crippen MR) is 82.9 cm³/mol. The molecule has 2 heterocycles. The number of hydrogen-bond donors (Lipinski definition) is 1. The lowest BCUT2D eigenvalue weighted by Gasteiger charge is -2.30. The largest absolute Gasteiger partial charge is 0.396 e. The van der Waals surface area contributed by atoms with E-state index in [-0.39, 0.29) is 12.7 Å². The van der Waals surface area contributed by atoms with Gasteiger partial charge in [0, 0.05) is 29.6 Å². The summed E-state index contributed by atoms with van der Waals surface area (Å²) in [6, 6.07) is 5.23. The Morgan fingerprint density at radius 1 is 1.41 bits per heavy atom. The van der Waals surface area contributed by atoms with Gasteiger partial charge in [0.05, 0.1) is 30.6 Å². The van der Waals surface area contributed by atoms with Crippen molar-refractivity contribution in [1.29, 1.82) is 0 Å². The van der Waals surface area contributed by atoms with Crippen molar-refractivity contribution >= 4 is 23.2 Å². The molecule has 22 heavy (non-hydrogen) atoms. The Morgan fingerprint density at radius 2 is 2.27 bits per heavy atom. The molecule has 0 spiro atoms. The van der Waals surface area contributed by atoms with Crippen LogP contribution in [0, 0.1) is 0 Å². The summed E-state index contributed by atoms with van der Waals surface area (Å²) in [7, 11) is 0. The molecule has 2 atom stereocenters. The Hall–Kier alpha value is -1.11. The fourth-order valence-electron chi connectivity index (χ4n) is 2.58. The van der Waals surface area contributed by atoms with E-state index >= 15 is 0 Å². The number of hydrogen-bond acceptors (Lipinski definition) is 4. The molecular formula is C15H16Cl2N2O3. The maximum atomic E-state index is 9.12. The molecule has 0 aliphatic carbocycles. The van der Waals surface area contributed by atoms with Crippen LogP contribution in [0.4, 0.5) is 0 Å². The van der Waals surface area contributed by atoms with Gasteiger partial charge in [-0.1, -0.05) is 29.3 Å². The fraction of sp³-hybridized carbons (Fsp3) is 0.400. The molecule has 1 aromatic carbocycles. The highest BCUT2D eigenvalue weighted by Gasteiger charge is 2.44. The Labute approximate surface area is 138 Å². The maximum Gasteiger partial charge on any atom is 0.215 e. The Bertz CT molecular complexity index is 636. The van der Waals surface area contributed by atoms with Crippen LogP contribution in [0.2, 0.25) is 10.0 Å². The number of ether oxygens (including phenoxy) is 2. The summed E-state index contributed by atoms with van der Waals surface area (Å²) in [5.41, 5.74) is 0.715. The topological polar surface area (TPSA) is 56.5 Å². The number of benzene rings is 1. The normalized spacial score (nSPS) is 24.8. The van der Waals surface area contributed by atoms with Crippen LogP contribution in [-0.2, 0) is 21.8 Å². The highest BCUT2D eigenvalue weighted by Crippen LogP contribution is 2.40. The van der Waals surface area contributed by atoms with Gasteiger partial charge in [-0.25, -0.2) is 4.98 Å². The first-order chi connectivity index (χ1) is 10.6. The van der Waals surface area contributed by atoms with Crippen LogP contribution in [0.5, 0.6) is 0 Å². The Morgan fingerprint density at radius 3 is 2.95 bits per heavy atom. The molecule has 0 amide bonds. The van der Waals surface area contributed by atoms with E-state index in [1.165, 1.54) is 0 Å². The molecule has 1 fully saturated rings. The summed E-state index contributed by atoms with van der Waals surface area (Å²) in [4.78, 5) is 4.04. The predicted octanol–water partition coefficient (Wildman–Crippen LogP) is 2.84. The van der Waals surface area contributed by atoms with Crippen molar-refractivity contribution in [3.8, 4) is 0 Å². The SMILES string of the molecule is OCC[C@@H]1CO[C@@](Cn2ccnc2)(c2ccc(Cl)cc2Cl)O1. The standard InChI is InChI=1S/C15H16Cl2N2O3/c16-11-1-2-13(14(17)7-11)15(9-19-5-4-18-10-19)21-8-12(22-15)3-6-20/h1-2,4-5,7,10,12,20H,3,6,8-9H2/t12-,15-/m1/s1. The molecule has 0 unspecified atom stereocenters. The fourth-order valence-corrected chi connectivity index (χ4v) is 3.13. The lowest BCUT2D eigenvalue weighted by atomic mass is 10.1. The van der Waals surface area contributed by atoms with Gasteiger partial charge >= 0.3 is 0 Å². The molecule has 7 heteroatoms. The molecule has 1 saturated heterocycles. The summed E-state index contributed by atoms with van der Waals surface area (Å²) in [6.45, 7) is 0.855. The van der Waals surface area contributed by atoms with E-state index in [0.29, 0.717) is 35.2 Å². The molecule has 0 radical (unpaired) electrons. The van der Waals surface area contributed by atoms with Gasteiger partial charge in [0.2, 0.25) is 5.79 Å². The number of aromatic nitrogens is 2. The van der Waals surface area contributed by atoms with Gasteiger partial charge in [-0.2, -0.15) is 0 Å². The Kier molecular flexibility index (Phi) is 4.70. The van der Waals surface area contributed by atoms with E-state index in [9.17, 15) is 0 Å². The third kappa shape index (κ3) is 3.14. The molecule has 0 bridgehead atoms. The minimum absolute atomic E-state index is 0.0452. The van der Waals surface area contributed by atoms with Crippen LogP contribution >= 0.6 is 23.2 Å². The van der Waals surface area contributed by atoms with Crippen molar-refractivity contribution in [3.05, 3.63) is 52.5 Å². The zero-order valence-electron chi connectivity index (χ0n) is 11.8. The molecule has 1 aliphatic heterocycles. The van der Waals surface area contributed by atoms with Crippen LogP contribution < -0.4 is 0 Å². The highest BCUT2D eigenvalue weighted by atomic mass is 35.5.